The lowest BCUT2D eigenvalue weighted by molar-refractivity contribution is -0.385. The molecule has 0 fully saturated rings. The topological polar surface area (TPSA) is 142 Å². The van der Waals surface area contributed by atoms with Crippen molar-refractivity contribution in [2.45, 2.75) is 0 Å². The zero-order valence-electron chi connectivity index (χ0n) is 7.34. The summed E-state index contributed by atoms with van der Waals surface area (Å²) in [7, 11) is 0. The van der Waals surface area contributed by atoms with Gasteiger partial charge in [-0.2, -0.15) is 0 Å². The second kappa shape index (κ2) is 3.70. The van der Waals surface area contributed by atoms with E-state index in [1.807, 2.05) is 0 Å². The molecule has 0 spiro atoms. The summed E-state index contributed by atoms with van der Waals surface area (Å²) in [5.41, 5.74) is 8.34. The Morgan fingerprint density at radius 2 is 1.87 bits per heavy atom. The van der Waals surface area contributed by atoms with Crippen LogP contribution in [0.3, 0.4) is 0 Å². The molecule has 78 valence electrons. The number of nitrogens with zero attached hydrogens (tertiary/aromatic N) is 2. The lowest BCUT2D eigenvalue weighted by Gasteiger charge is -1.99. The maximum Gasteiger partial charge on any atom is 0.300 e. The van der Waals surface area contributed by atoms with Crippen molar-refractivity contribution in [3.8, 4) is 0 Å². The number of hydrogen-bond donors (Lipinski definition) is 2. The molecule has 0 saturated carbocycles. The van der Waals surface area contributed by atoms with Gasteiger partial charge in [-0.1, -0.05) is 0 Å². The van der Waals surface area contributed by atoms with Gasteiger partial charge in [0.25, 0.3) is 11.8 Å². The Morgan fingerprint density at radius 3 is 2.27 bits per heavy atom. The Morgan fingerprint density at radius 1 is 1.27 bits per heavy atom. The molecule has 8 heteroatoms. The lowest BCUT2D eigenvalue weighted by atomic mass is 10.2. The number of aromatic nitrogens is 1. The highest BCUT2D eigenvalue weighted by molar-refractivity contribution is 5.97. The number of carbonyl (C=O) groups is 2. The van der Waals surface area contributed by atoms with Gasteiger partial charge in [0, 0.05) is 6.07 Å². The van der Waals surface area contributed by atoms with E-state index in [1.165, 1.54) is 0 Å². The lowest BCUT2D eigenvalue weighted by Crippen LogP contribution is -2.20. The third kappa shape index (κ3) is 2.05. The number of pyridine rings is 1. The average molecular weight is 210 g/mol. The van der Waals surface area contributed by atoms with Gasteiger partial charge in [0.2, 0.25) is 5.69 Å². The molecule has 0 aliphatic rings. The van der Waals surface area contributed by atoms with Crippen LogP contribution in [0.25, 0.3) is 0 Å². The fraction of sp³-hybridized carbons (Fsp3) is 0. The zero-order valence-corrected chi connectivity index (χ0v) is 7.34. The average Bonchev–Trinajstić information content (AvgIpc) is 2.16. The molecule has 1 rings (SSSR count). The predicted molar refractivity (Wildman–Crippen MR) is 47.9 cm³/mol. The van der Waals surface area contributed by atoms with Crippen molar-refractivity contribution in [1.29, 1.82) is 0 Å². The highest BCUT2D eigenvalue weighted by atomic mass is 16.6. The Bertz CT molecular complexity index is 456. The van der Waals surface area contributed by atoms with Crippen LogP contribution in [0, 0.1) is 10.1 Å². The van der Waals surface area contributed by atoms with Gasteiger partial charge in [-0.15, -0.1) is 0 Å². The first kappa shape index (κ1) is 10.6. The third-order valence-corrected chi connectivity index (χ3v) is 1.56. The van der Waals surface area contributed by atoms with Gasteiger partial charge in [0.1, 0.15) is 5.69 Å². The van der Waals surface area contributed by atoms with E-state index in [0.29, 0.717) is 0 Å². The van der Waals surface area contributed by atoms with Crippen LogP contribution in [0.1, 0.15) is 21.0 Å². The highest BCUT2D eigenvalue weighted by Gasteiger charge is 2.21. The first-order valence-corrected chi connectivity index (χ1v) is 3.68. The smallest absolute Gasteiger partial charge is 0.300 e. The normalized spacial score (nSPS) is 9.60. The van der Waals surface area contributed by atoms with Gasteiger partial charge in [0.15, 0.2) is 0 Å². The molecule has 15 heavy (non-hydrogen) atoms. The molecule has 0 unspecified atom stereocenters. The Labute approximate surface area is 83.0 Å². The fourth-order valence-electron chi connectivity index (χ4n) is 0.918. The number of nitro groups is 1. The molecule has 0 bridgehead atoms. The standard InChI is InChI=1S/C7H6N4O4/c8-6(12)3-1-2-4(11(14)15)5(10-3)7(9)13/h1-2H,(H2,8,12)(H2,9,13). The van der Waals surface area contributed by atoms with Crippen LogP contribution in [-0.2, 0) is 0 Å². The summed E-state index contributed by atoms with van der Waals surface area (Å²) in [6.45, 7) is 0. The zero-order chi connectivity index (χ0) is 11.6. The van der Waals surface area contributed by atoms with Gasteiger partial charge in [0.05, 0.1) is 4.92 Å². The number of carbonyl (C=O) groups excluding carboxylic acids is 2. The maximum atomic E-state index is 10.8. The van der Waals surface area contributed by atoms with Gasteiger partial charge < -0.3 is 11.5 Å². The van der Waals surface area contributed by atoms with Crippen LogP contribution in [0.15, 0.2) is 12.1 Å². The van der Waals surface area contributed by atoms with E-state index in [9.17, 15) is 19.7 Å². The molecule has 1 heterocycles. The van der Waals surface area contributed by atoms with Gasteiger partial charge >= 0.3 is 5.69 Å². The van der Waals surface area contributed by atoms with Crippen LogP contribution in [-0.4, -0.2) is 21.7 Å². The van der Waals surface area contributed by atoms with Crippen LogP contribution in [0.4, 0.5) is 5.69 Å². The fourth-order valence-corrected chi connectivity index (χ4v) is 0.918. The van der Waals surface area contributed by atoms with Crippen molar-refractivity contribution in [2.24, 2.45) is 11.5 Å². The molecule has 4 N–H and O–H groups in total. The Balaban J connectivity index is 3.40. The molecule has 8 nitrogen and oxygen atoms in total. The van der Waals surface area contributed by atoms with E-state index in [2.05, 4.69) is 4.98 Å². The van der Waals surface area contributed by atoms with E-state index in [0.717, 1.165) is 12.1 Å². The molecule has 0 aliphatic carbocycles. The van der Waals surface area contributed by atoms with E-state index in [4.69, 9.17) is 11.5 Å². The quantitative estimate of drug-likeness (QED) is 0.495. The summed E-state index contributed by atoms with van der Waals surface area (Å²) in [5, 5.41) is 10.4. The summed E-state index contributed by atoms with van der Waals surface area (Å²) in [4.78, 5) is 34.5. The van der Waals surface area contributed by atoms with Crippen molar-refractivity contribution in [1.82, 2.24) is 4.98 Å². The van der Waals surface area contributed by atoms with E-state index in [1.54, 1.807) is 0 Å². The predicted octanol–water partition coefficient (Wildman–Crippen LogP) is -0.812. The molecule has 2 amide bonds. The largest absolute Gasteiger partial charge is 0.364 e. The third-order valence-electron chi connectivity index (χ3n) is 1.56. The Hall–Kier alpha value is -2.51. The monoisotopic (exact) mass is 210 g/mol. The van der Waals surface area contributed by atoms with Crippen LogP contribution in [0.5, 0.6) is 0 Å². The van der Waals surface area contributed by atoms with Crippen molar-refractivity contribution in [3.63, 3.8) is 0 Å². The molecule has 0 atom stereocenters. The minimum absolute atomic E-state index is 0.255. The number of hydrogen-bond acceptors (Lipinski definition) is 5. The van der Waals surface area contributed by atoms with Crippen molar-refractivity contribution in [3.05, 3.63) is 33.6 Å². The minimum atomic E-state index is -1.09. The first-order valence-electron chi connectivity index (χ1n) is 3.68. The van der Waals surface area contributed by atoms with Crippen LogP contribution >= 0.6 is 0 Å². The summed E-state index contributed by atoms with van der Waals surface area (Å²) in [6, 6.07) is 2.00. The van der Waals surface area contributed by atoms with E-state index < -0.39 is 28.1 Å². The number of rotatable bonds is 3. The van der Waals surface area contributed by atoms with Crippen molar-refractivity contribution in [2.75, 3.05) is 0 Å². The summed E-state index contributed by atoms with van der Waals surface area (Å²) < 4.78 is 0. The minimum Gasteiger partial charge on any atom is -0.364 e. The second-order valence-electron chi connectivity index (χ2n) is 2.55. The van der Waals surface area contributed by atoms with Gasteiger partial charge in [-0.3, -0.25) is 19.7 Å². The van der Waals surface area contributed by atoms with Gasteiger partial charge in [-0.25, -0.2) is 4.98 Å². The highest BCUT2D eigenvalue weighted by Crippen LogP contribution is 2.15. The second-order valence-corrected chi connectivity index (χ2v) is 2.55. The SMILES string of the molecule is NC(=O)c1ccc([N+](=O)[O-])c(C(N)=O)n1. The van der Waals surface area contributed by atoms with Crippen molar-refractivity contribution < 1.29 is 14.5 Å². The molecular formula is C7H6N4O4. The number of primary amides is 2. The maximum absolute atomic E-state index is 10.8. The van der Waals surface area contributed by atoms with Crippen LogP contribution < -0.4 is 11.5 Å². The Kier molecular flexibility index (Phi) is 2.61. The molecule has 0 aromatic carbocycles. The summed E-state index contributed by atoms with van der Waals surface area (Å²) in [5.74, 6) is -1.99. The van der Waals surface area contributed by atoms with E-state index in [-0.39, 0.29) is 5.69 Å². The number of nitrogens with two attached hydrogens (primary N) is 2. The summed E-state index contributed by atoms with van der Waals surface area (Å²) in [6.07, 6.45) is 0. The molecule has 0 radical (unpaired) electrons. The summed E-state index contributed by atoms with van der Waals surface area (Å²) >= 11 is 0. The molecule has 1 aromatic heterocycles. The molecular weight excluding hydrogens is 204 g/mol. The first-order chi connectivity index (χ1) is 6.93. The molecule has 0 saturated heterocycles. The number of amides is 2. The van der Waals surface area contributed by atoms with Crippen molar-refractivity contribution >= 4 is 17.5 Å². The molecule has 0 aliphatic heterocycles. The van der Waals surface area contributed by atoms with Gasteiger partial charge in [-0.05, 0) is 6.07 Å². The van der Waals surface area contributed by atoms with E-state index >= 15 is 0 Å². The molecule has 1 aromatic rings. The van der Waals surface area contributed by atoms with Crippen LogP contribution in [0.2, 0.25) is 0 Å².